The average Bonchev–Trinajstić information content (AvgIpc) is 2.75. The summed E-state index contributed by atoms with van der Waals surface area (Å²) in [5.41, 5.74) is 2.72. The normalized spacial score (nSPS) is 20.8. The maximum atomic E-state index is 3.56. The van der Waals surface area contributed by atoms with Gasteiger partial charge in [-0.1, -0.05) is 34.1 Å². The van der Waals surface area contributed by atoms with Crippen LogP contribution in [0.3, 0.4) is 0 Å². The van der Waals surface area contributed by atoms with Crippen LogP contribution >= 0.6 is 15.9 Å². The van der Waals surface area contributed by atoms with Gasteiger partial charge in [-0.25, -0.2) is 0 Å². The lowest BCUT2D eigenvalue weighted by atomic mass is 10.1. The summed E-state index contributed by atoms with van der Waals surface area (Å²) in [5.74, 6) is 0. The van der Waals surface area contributed by atoms with Gasteiger partial charge >= 0.3 is 0 Å². The Bertz CT molecular complexity index is 367. The molecule has 17 heavy (non-hydrogen) atoms. The zero-order valence-corrected chi connectivity index (χ0v) is 12.3. The van der Waals surface area contributed by atoms with Crippen LogP contribution in [0.4, 0.5) is 5.69 Å². The molecule has 0 spiro atoms. The summed E-state index contributed by atoms with van der Waals surface area (Å²) in [6.45, 7) is 2.37. The number of hydrogen-bond donors (Lipinski definition) is 0. The summed E-state index contributed by atoms with van der Waals surface area (Å²) in [6, 6.07) is 9.35. The Balaban J connectivity index is 2.06. The lowest BCUT2D eigenvalue weighted by Crippen LogP contribution is -2.36. The Hall–Kier alpha value is -0.540. The number of para-hydroxylation sites is 1. The molecule has 2 rings (SSSR count). The van der Waals surface area contributed by atoms with Gasteiger partial charge in [-0.05, 0) is 38.1 Å². The molecule has 94 valence electrons. The highest BCUT2D eigenvalue weighted by Gasteiger charge is 2.22. The van der Waals surface area contributed by atoms with E-state index in [0.29, 0.717) is 6.04 Å². The summed E-state index contributed by atoms with van der Waals surface area (Å²) in [6.07, 6.45) is 2.67. The predicted molar refractivity (Wildman–Crippen MR) is 78.0 cm³/mol. The third-order valence-electron chi connectivity index (χ3n) is 3.70. The molecule has 0 aromatic heterocycles. The van der Waals surface area contributed by atoms with E-state index in [4.69, 9.17) is 0 Å². The van der Waals surface area contributed by atoms with Crippen molar-refractivity contribution >= 4 is 21.6 Å². The highest BCUT2D eigenvalue weighted by Crippen LogP contribution is 2.24. The molecular weight excluding hydrogens is 276 g/mol. The molecule has 1 aromatic rings. The number of benzene rings is 1. The highest BCUT2D eigenvalue weighted by molar-refractivity contribution is 9.08. The van der Waals surface area contributed by atoms with Gasteiger partial charge in [0, 0.05) is 30.7 Å². The van der Waals surface area contributed by atoms with Crippen molar-refractivity contribution in [2.45, 2.75) is 24.2 Å². The molecule has 0 bridgehead atoms. The van der Waals surface area contributed by atoms with E-state index in [1.54, 1.807) is 0 Å². The number of halogens is 1. The fraction of sp³-hybridized carbons (Fsp3) is 0.571. The minimum atomic E-state index is 0.711. The molecule has 1 fully saturated rings. The molecule has 1 unspecified atom stereocenters. The van der Waals surface area contributed by atoms with E-state index in [9.17, 15) is 0 Å². The molecule has 1 aliphatic heterocycles. The van der Waals surface area contributed by atoms with Crippen molar-refractivity contribution in [3.63, 3.8) is 0 Å². The minimum Gasteiger partial charge on any atom is -0.373 e. The Morgan fingerprint density at radius 3 is 2.82 bits per heavy atom. The van der Waals surface area contributed by atoms with Crippen molar-refractivity contribution in [2.24, 2.45) is 0 Å². The monoisotopic (exact) mass is 296 g/mol. The molecule has 0 aliphatic carbocycles. The van der Waals surface area contributed by atoms with Crippen LogP contribution in [-0.4, -0.2) is 38.1 Å². The van der Waals surface area contributed by atoms with Crippen LogP contribution in [0.5, 0.6) is 0 Å². The van der Waals surface area contributed by atoms with Gasteiger partial charge < -0.3 is 9.80 Å². The largest absolute Gasteiger partial charge is 0.373 e. The van der Waals surface area contributed by atoms with E-state index in [1.807, 2.05) is 0 Å². The van der Waals surface area contributed by atoms with Crippen molar-refractivity contribution in [1.29, 1.82) is 0 Å². The molecular formula is C14H21BrN2. The third kappa shape index (κ3) is 3.02. The van der Waals surface area contributed by atoms with Crippen LogP contribution < -0.4 is 4.90 Å². The Morgan fingerprint density at radius 2 is 2.18 bits per heavy atom. The van der Waals surface area contributed by atoms with Gasteiger partial charge in [-0.3, -0.25) is 0 Å². The van der Waals surface area contributed by atoms with Crippen LogP contribution in [0.2, 0.25) is 0 Å². The summed E-state index contributed by atoms with van der Waals surface area (Å²) < 4.78 is 0. The summed E-state index contributed by atoms with van der Waals surface area (Å²) in [4.78, 5) is 4.87. The van der Waals surface area contributed by atoms with Crippen LogP contribution in [0.15, 0.2) is 24.3 Å². The summed E-state index contributed by atoms with van der Waals surface area (Å²) >= 11 is 3.56. The first-order valence-corrected chi connectivity index (χ1v) is 7.39. The van der Waals surface area contributed by atoms with E-state index in [1.165, 1.54) is 30.6 Å². The highest BCUT2D eigenvalue weighted by atomic mass is 79.9. The van der Waals surface area contributed by atoms with Crippen molar-refractivity contribution in [3.8, 4) is 0 Å². The van der Waals surface area contributed by atoms with Gasteiger partial charge in [-0.15, -0.1) is 0 Å². The topological polar surface area (TPSA) is 6.48 Å². The molecule has 0 amide bonds. The number of nitrogens with zero attached hydrogens (tertiary/aromatic N) is 2. The van der Waals surface area contributed by atoms with Crippen molar-refractivity contribution in [2.75, 3.05) is 32.1 Å². The zero-order valence-electron chi connectivity index (χ0n) is 10.7. The number of alkyl halides is 1. The van der Waals surface area contributed by atoms with Crippen molar-refractivity contribution < 1.29 is 0 Å². The number of hydrogen-bond acceptors (Lipinski definition) is 2. The molecule has 3 heteroatoms. The maximum absolute atomic E-state index is 3.56. The maximum Gasteiger partial charge on any atom is 0.0405 e. The number of likely N-dealkylation sites (N-methyl/N-ethyl adjacent to an activating group) is 2. The molecule has 0 radical (unpaired) electrons. The van der Waals surface area contributed by atoms with Crippen LogP contribution in [0.1, 0.15) is 18.4 Å². The van der Waals surface area contributed by atoms with Gasteiger partial charge in [-0.2, -0.15) is 0 Å². The van der Waals surface area contributed by atoms with E-state index >= 15 is 0 Å². The van der Waals surface area contributed by atoms with E-state index in [0.717, 1.165) is 11.9 Å². The molecule has 1 aliphatic rings. The summed E-state index contributed by atoms with van der Waals surface area (Å²) in [7, 11) is 4.44. The fourth-order valence-corrected chi connectivity index (χ4v) is 3.09. The predicted octanol–water partition coefficient (Wildman–Crippen LogP) is 3.11. The van der Waals surface area contributed by atoms with Gasteiger partial charge in [0.2, 0.25) is 0 Å². The molecule has 1 atom stereocenters. The van der Waals surface area contributed by atoms with Crippen molar-refractivity contribution in [3.05, 3.63) is 29.8 Å². The lowest BCUT2D eigenvalue weighted by Gasteiger charge is -2.28. The van der Waals surface area contributed by atoms with E-state index < -0.39 is 0 Å². The van der Waals surface area contributed by atoms with Gasteiger partial charge in [0.25, 0.3) is 0 Å². The molecule has 0 N–H and O–H groups in total. The average molecular weight is 297 g/mol. The Morgan fingerprint density at radius 1 is 1.41 bits per heavy atom. The Labute approximate surface area is 113 Å². The van der Waals surface area contributed by atoms with Crippen LogP contribution in [-0.2, 0) is 5.33 Å². The molecule has 1 saturated heterocycles. The standard InChI is InChI=1S/C14H21BrN2/c1-16-9-5-7-13(16)11-17(2)14-8-4-3-6-12(14)10-15/h3-4,6,8,13H,5,7,9-11H2,1-2H3. The Kier molecular flexibility index (Phi) is 4.46. The number of anilines is 1. The molecule has 2 nitrogen and oxygen atoms in total. The first-order chi connectivity index (χ1) is 8.22. The second-order valence-corrected chi connectivity index (χ2v) is 5.48. The van der Waals surface area contributed by atoms with Crippen molar-refractivity contribution in [1.82, 2.24) is 4.90 Å². The SMILES string of the molecule is CN(CC1CCCN1C)c1ccccc1CBr. The fourth-order valence-electron chi connectivity index (χ4n) is 2.62. The van der Waals surface area contributed by atoms with Gasteiger partial charge in [0.15, 0.2) is 0 Å². The van der Waals surface area contributed by atoms with Crippen LogP contribution in [0.25, 0.3) is 0 Å². The third-order valence-corrected chi connectivity index (χ3v) is 4.31. The van der Waals surface area contributed by atoms with Crippen LogP contribution in [0, 0.1) is 0 Å². The van der Waals surface area contributed by atoms with E-state index in [2.05, 4.69) is 64.1 Å². The lowest BCUT2D eigenvalue weighted by molar-refractivity contribution is 0.314. The second-order valence-electron chi connectivity index (χ2n) is 4.92. The zero-order chi connectivity index (χ0) is 12.3. The smallest absolute Gasteiger partial charge is 0.0405 e. The first kappa shape index (κ1) is 12.9. The molecule has 1 aromatic carbocycles. The number of rotatable bonds is 4. The summed E-state index contributed by atoms with van der Waals surface area (Å²) in [5, 5.41) is 0.925. The number of likely N-dealkylation sites (tertiary alicyclic amines) is 1. The molecule has 0 saturated carbocycles. The molecule has 1 heterocycles. The van der Waals surface area contributed by atoms with Gasteiger partial charge in [0.1, 0.15) is 0 Å². The van der Waals surface area contributed by atoms with E-state index in [-0.39, 0.29) is 0 Å². The second kappa shape index (κ2) is 5.87. The quantitative estimate of drug-likeness (QED) is 0.788. The minimum absolute atomic E-state index is 0.711. The van der Waals surface area contributed by atoms with Gasteiger partial charge in [0.05, 0.1) is 0 Å². The first-order valence-electron chi connectivity index (χ1n) is 6.27.